The Morgan fingerprint density at radius 3 is 1.44 bits per heavy atom. The van der Waals surface area contributed by atoms with Crippen LogP contribution in [-0.4, -0.2) is 19.5 Å². The van der Waals surface area contributed by atoms with Gasteiger partial charge in [-0.05, 0) is 63.6 Å². The van der Waals surface area contributed by atoms with E-state index in [1.165, 1.54) is 0 Å². The van der Waals surface area contributed by atoms with E-state index in [4.69, 9.17) is 27.3 Å². The molecule has 0 amide bonds. The lowest BCUT2D eigenvalue weighted by molar-refractivity contribution is 1.07. The van der Waals surface area contributed by atoms with Crippen molar-refractivity contribution in [1.82, 2.24) is 19.5 Å². The lowest BCUT2D eigenvalue weighted by atomic mass is 9.97. The average Bonchev–Trinajstić information content (AvgIpc) is 3.72. The Bertz CT molecular complexity index is 3610. The van der Waals surface area contributed by atoms with Crippen LogP contribution < -0.4 is 0 Å². The van der Waals surface area contributed by atoms with Crippen LogP contribution in [0.15, 0.2) is 206 Å². The van der Waals surface area contributed by atoms with Crippen LogP contribution in [0, 0.1) is 0 Å². The van der Waals surface area contributed by atoms with E-state index >= 15 is 0 Å². The van der Waals surface area contributed by atoms with Crippen LogP contribution in [-0.2, 0) is 0 Å². The van der Waals surface area contributed by atoms with E-state index in [2.05, 4.69) is 12.1 Å². The normalized spacial score (nSPS) is 14.3. The van der Waals surface area contributed by atoms with E-state index in [1.807, 2.05) is 103 Å². The van der Waals surface area contributed by atoms with E-state index in [1.54, 1.807) is 18.2 Å². The SMILES string of the molecule is [2H]c1c([2H])c([2H])c(-n2c3c([2H])c([2H])c([2H])c([2H])c3c3c([2H])c([2H])c(-c4cccc(-c5ccc(-c6nc(-c7ccccc7)nc(-c7ccc(-c8ccccc8)cc7)n6)cc5)c4)c([2H])c32)c([2H])c1[2H]. The number of fused-ring (bicyclic) bond motifs is 3. The lowest BCUT2D eigenvalue weighted by Gasteiger charge is -2.11. The molecule has 8 aromatic carbocycles. The maximum Gasteiger partial charge on any atom is 0.164 e. The molecule has 0 spiro atoms. The second-order valence-corrected chi connectivity index (χ2v) is 12.8. The molecule has 10 rings (SSSR count). The van der Waals surface area contributed by atoms with Crippen LogP contribution in [0.4, 0.5) is 0 Å². The number of hydrogen-bond donors (Lipinski definition) is 0. The molecule has 0 saturated carbocycles. The summed E-state index contributed by atoms with van der Waals surface area (Å²) in [5, 5.41) is -0.386. The molecule has 55 heavy (non-hydrogen) atoms. The molecule has 10 aromatic rings. The van der Waals surface area contributed by atoms with Crippen LogP contribution in [0.25, 0.3) is 95.0 Å². The van der Waals surface area contributed by atoms with Crippen LogP contribution in [0.1, 0.15) is 16.4 Å². The van der Waals surface area contributed by atoms with Gasteiger partial charge in [-0.3, -0.25) is 0 Å². The number of nitrogens with zero attached hydrogens (tertiary/aromatic N) is 4. The minimum atomic E-state index is -0.693. The summed E-state index contributed by atoms with van der Waals surface area (Å²) in [6.45, 7) is 0. The molecule has 2 aromatic heterocycles. The van der Waals surface area contributed by atoms with Gasteiger partial charge in [0.15, 0.2) is 17.5 Å². The second-order valence-electron chi connectivity index (χ2n) is 12.8. The molecule has 0 atom stereocenters. The van der Waals surface area contributed by atoms with Gasteiger partial charge < -0.3 is 4.57 Å². The zero-order valence-corrected chi connectivity index (χ0v) is 29.0. The maximum absolute atomic E-state index is 9.67. The van der Waals surface area contributed by atoms with Gasteiger partial charge in [0.1, 0.15) is 0 Å². The third-order valence-corrected chi connectivity index (χ3v) is 9.41. The molecule has 0 aliphatic rings. The molecule has 0 N–H and O–H groups in total. The molecule has 0 radical (unpaired) electrons. The molecule has 0 aliphatic heterocycles. The van der Waals surface area contributed by atoms with Crippen LogP contribution >= 0.6 is 0 Å². The first-order valence-corrected chi connectivity index (χ1v) is 17.5. The molecule has 0 unspecified atom stereocenters. The smallest absolute Gasteiger partial charge is 0.164 e. The molecule has 0 saturated heterocycles. The number of aromatic nitrogens is 4. The quantitative estimate of drug-likeness (QED) is 0.165. The summed E-state index contributed by atoms with van der Waals surface area (Å²) in [5.74, 6) is 1.48. The third kappa shape index (κ3) is 6.16. The number of rotatable bonds is 7. The highest BCUT2D eigenvalue weighted by atomic mass is 15.0. The van der Waals surface area contributed by atoms with Crippen molar-refractivity contribution in [3.8, 4) is 73.2 Å². The predicted molar refractivity (Wildman–Crippen MR) is 227 cm³/mol. The molecule has 0 fully saturated rings. The van der Waals surface area contributed by atoms with Crippen molar-refractivity contribution in [3.05, 3.63) is 206 Å². The fraction of sp³-hybridized carbons (Fsp3) is 0. The van der Waals surface area contributed by atoms with E-state index in [-0.39, 0.29) is 33.4 Å². The minimum absolute atomic E-state index is 0.0226. The van der Waals surface area contributed by atoms with Crippen molar-refractivity contribution in [2.75, 3.05) is 0 Å². The van der Waals surface area contributed by atoms with E-state index in [0.29, 0.717) is 28.6 Å². The van der Waals surface area contributed by atoms with Gasteiger partial charge in [0.2, 0.25) is 0 Å². The van der Waals surface area contributed by atoms with Gasteiger partial charge in [0.05, 0.1) is 27.5 Å². The van der Waals surface area contributed by atoms with Gasteiger partial charge in [-0.15, -0.1) is 0 Å². The lowest BCUT2D eigenvalue weighted by Crippen LogP contribution is -2.00. The van der Waals surface area contributed by atoms with Gasteiger partial charge in [0.25, 0.3) is 0 Å². The molecule has 258 valence electrons. The van der Waals surface area contributed by atoms with Gasteiger partial charge >= 0.3 is 0 Å². The van der Waals surface area contributed by atoms with Gasteiger partial charge in [-0.2, -0.15) is 0 Å². The highest BCUT2D eigenvalue weighted by molar-refractivity contribution is 6.10. The first kappa shape index (κ1) is 21.9. The highest BCUT2D eigenvalue weighted by Crippen LogP contribution is 2.36. The van der Waals surface area contributed by atoms with Crippen LogP contribution in [0.5, 0.6) is 0 Å². The van der Waals surface area contributed by atoms with Crippen molar-refractivity contribution < 1.29 is 16.4 Å². The zero-order chi connectivity index (χ0) is 47.0. The summed E-state index contributed by atoms with van der Waals surface area (Å²) in [5.41, 5.74) is 5.39. The first-order valence-electron chi connectivity index (χ1n) is 23.5. The van der Waals surface area contributed by atoms with Crippen LogP contribution in [0.2, 0.25) is 0 Å². The van der Waals surface area contributed by atoms with E-state index in [0.717, 1.165) is 37.9 Å². The van der Waals surface area contributed by atoms with Crippen molar-refractivity contribution in [2.24, 2.45) is 0 Å². The molecule has 0 bridgehead atoms. The Morgan fingerprint density at radius 2 is 0.800 bits per heavy atom. The van der Waals surface area contributed by atoms with Gasteiger partial charge in [0, 0.05) is 33.2 Å². The Kier molecular flexibility index (Phi) is 5.52. The predicted octanol–water partition coefficient (Wildman–Crippen LogP) is 13.0. The number of benzene rings is 8. The fourth-order valence-corrected chi connectivity index (χ4v) is 6.69. The summed E-state index contributed by atoms with van der Waals surface area (Å²) in [6, 6.07) is 35.4. The Morgan fingerprint density at radius 1 is 0.345 bits per heavy atom. The largest absolute Gasteiger partial charge is 0.309 e. The van der Waals surface area contributed by atoms with Crippen molar-refractivity contribution in [2.45, 2.75) is 0 Å². The summed E-state index contributed by atoms with van der Waals surface area (Å²) in [6.07, 6.45) is 0. The number of para-hydroxylation sites is 2. The molecule has 4 nitrogen and oxygen atoms in total. The standard InChI is InChI=1S/C51H34N4/c1-4-13-35(14-5-1)36-23-27-39(28-24-36)50-52-49(38-15-6-2-7-16-38)53-51(54-50)40-29-25-37(26-30-40)41-17-12-18-42(33-41)43-31-32-46-45-21-10-11-22-47(45)55(48(46)34-43)44-19-8-3-9-20-44/h1-34H/i3D,8D,9D,10D,11D,19D,20D,21D,22D,31D,32D,34D. The second kappa shape index (κ2) is 13.8. The molecule has 4 heteroatoms. The average molecular weight is 715 g/mol. The van der Waals surface area contributed by atoms with Crippen molar-refractivity contribution in [1.29, 1.82) is 0 Å². The van der Waals surface area contributed by atoms with Crippen molar-refractivity contribution >= 4 is 21.8 Å². The maximum atomic E-state index is 9.67. The van der Waals surface area contributed by atoms with Gasteiger partial charge in [-0.1, -0.05) is 176 Å². The molecular weight excluding hydrogens is 669 g/mol. The van der Waals surface area contributed by atoms with Crippen molar-refractivity contribution in [3.63, 3.8) is 0 Å². The monoisotopic (exact) mass is 714 g/mol. The van der Waals surface area contributed by atoms with E-state index in [9.17, 15) is 4.11 Å². The fourth-order valence-electron chi connectivity index (χ4n) is 6.69. The van der Waals surface area contributed by atoms with Crippen LogP contribution in [0.3, 0.4) is 0 Å². The zero-order valence-electron chi connectivity index (χ0n) is 41.0. The summed E-state index contributed by atoms with van der Waals surface area (Å²) in [7, 11) is 0. The molecule has 2 heterocycles. The molecule has 0 aliphatic carbocycles. The molecular formula is C51H34N4. The minimum Gasteiger partial charge on any atom is -0.309 e. The first-order chi connectivity index (χ1) is 32.2. The van der Waals surface area contributed by atoms with Gasteiger partial charge in [-0.25, -0.2) is 15.0 Å². The Hall–Kier alpha value is -7.43. The number of hydrogen-bond acceptors (Lipinski definition) is 3. The summed E-state index contributed by atoms with van der Waals surface area (Å²) < 4.78 is 107. The Balaban J connectivity index is 1.09. The summed E-state index contributed by atoms with van der Waals surface area (Å²) in [4.78, 5) is 14.7. The topological polar surface area (TPSA) is 43.6 Å². The Labute approximate surface area is 336 Å². The summed E-state index contributed by atoms with van der Waals surface area (Å²) >= 11 is 0. The third-order valence-electron chi connectivity index (χ3n) is 9.41. The highest BCUT2D eigenvalue weighted by Gasteiger charge is 2.15. The van der Waals surface area contributed by atoms with E-state index < -0.39 is 72.2 Å².